The third-order valence-corrected chi connectivity index (χ3v) is 3.91. The zero-order valence-corrected chi connectivity index (χ0v) is 18.4. The zero-order valence-electron chi connectivity index (χ0n) is 18.4. The van der Waals surface area contributed by atoms with Gasteiger partial charge in [-0.2, -0.15) is 0 Å². The smallest absolute Gasteiger partial charge is 0.412 e. The number of hydrogen-bond donors (Lipinski definition) is 2. The van der Waals surface area contributed by atoms with Crippen molar-refractivity contribution in [2.24, 2.45) is 10.9 Å². The number of carbonyl (C=O) groups is 3. The molecule has 9 nitrogen and oxygen atoms in total. The third-order valence-electron chi connectivity index (χ3n) is 3.91. The SMILES string of the molecule is COC(=O)c1cc(F)c(C/C(N)=N/OC(=O)c2cccc(NC(=O)OC(C)(C)C)c2)c(F)c1. The number of rotatable bonds is 6. The van der Waals surface area contributed by atoms with Crippen molar-refractivity contribution in [2.75, 3.05) is 12.4 Å². The molecule has 2 rings (SSSR count). The summed E-state index contributed by atoms with van der Waals surface area (Å²) in [7, 11) is 1.08. The van der Waals surface area contributed by atoms with Gasteiger partial charge in [0.15, 0.2) is 0 Å². The fourth-order valence-corrected chi connectivity index (χ4v) is 2.52. The molecule has 0 aliphatic heterocycles. The molecule has 0 fully saturated rings. The molecule has 0 bridgehead atoms. The Kier molecular flexibility index (Phi) is 8.05. The molecule has 0 atom stereocenters. The normalized spacial score (nSPS) is 11.5. The van der Waals surface area contributed by atoms with Crippen LogP contribution in [0.2, 0.25) is 0 Å². The molecule has 33 heavy (non-hydrogen) atoms. The number of oxime groups is 1. The van der Waals surface area contributed by atoms with Crippen LogP contribution in [0.1, 0.15) is 47.1 Å². The van der Waals surface area contributed by atoms with Crippen molar-refractivity contribution in [3.8, 4) is 0 Å². The van der Waals surface area contributed by atoms with Crippen LogP contribution in [0.25, 0.3) is 0 Å². The highest BCUT2D eigenvalue weighted by molar-refractivity contribution is 5.93. The highest BCUT2D eigenvalue weighted by atomic mass is 19.1. The molecule has 0 saturated carbocycles. The predicted octanol–water partition coefficient (Wildman–Crippen LogP) is 3.77. The van der Waals surface area contributed by atoms with Crippen LogP contribution in [0.4, 0.5) is 19.3 Å². The second-order valence-corrected chi connectivity index (χ2v) is 7.76. The molecule has 2 aromatic rings. The van der Waals surface area contributed by atoms with Gasteiger partial charge in [0.2, 0.25) is 0 Å². The Hall–Kier alpha value is -4.02. The van der Waals surface area contributed by atoms with Crippen LogP contribution in [0.5, 0.6) is 0 Å². The minimum atomic E-state index is -1.04. The minimum Gasteiger partial charge on any atom is -0.465 e. The van der Waals surface area contributed by atoms with Crippen LogP contribution >= 0.6 is 0 Å². The summed E-state index contributed by atoms with van der Waals surface area (Å²) >= 11 is 0. The van der Waals surface area contributed by atoms with Crippen molar-refractivity contribution < 1.29 is 37.5 Å². The van der Waals surface area contributed by atoms with Gasteiger partial charge < -0.3 is 20.0 Å². The number of hydrogen-bond acceptors (Lipinski definition) is 7. The van der Waals surface area contributed by atoms with Crippen LogP contribution in [-0.4, -0.2) is 36.6 Å². The Morgan fingerprint density at radius 2 is 1.67 bits per heavy atom. The van der Waals surface area contributed by atoms with E-state index in [4.69, 9.17) is 15.3 Å². The van der Waals surface area contributed by atoms with Crippen LogP contribution in [-0.2, 0) is 20.7 Å². The monoisotopic (exact) mass is 463 g/mol. The molecule has 0 radical (unpaired) electrons. The van der Waals surface area contributed by atoms with Crippen LogP contribution in [0.3, 0.4) is 0 Å². The second-order valence-electron chi connectivity index (χ2n) is 7.76. The number of esters is 1. The number of carbonyl (C=O) groups excluding carboxylic acids is 3. The molecule has 176 valence electrons. The Morgan fingerprint density at radius 1 is 1.03 bits per heavy atom. The highest BCUT2D eigenvalue weighted by Crippen LogP contribution is 2.18. The van der Waals surface area contributed by atoms with E-state index in [-0.39, 0.29) is 16.8 Å². The van der Waals surface area contributed by atoms with E-state index in [9.17, 15) is 23.2 Å². The first-order valence-corrected chi connectivity index (χ1v) is 9.59. The second kappa shape index (κ2) is 10.5. The maximum absolute atomic E-state index is 14.2. The van der Waals surface area contributed by atoms with Gasteiger partial charge >= 0.3 is 18.0 Å². The van der Waals surface area contributed by atoms with Gasteiger partial charge in [-0.25, -0.2) is 23.2 Å². The summed E-state index contributed by atoms with van der Waals surface area (Å²) in [6.45, 7) is 5.11. The predicted molar refractivity (Wildman–Crippen MR) is 115 cm³/mol. The largest absolute Gasteiger partial charge is 0.465 e. The summed E-state index contributed by atoms with van der Waals surface area (Å²) in [5.41, 5.74) is 4.44. The molecular formula is C22H23F2N3O6. The zero-order chi connectivity index (χ0) is 24.8. The van der Waals surface area contributed by atoms with Gasteiger partial charge in [0, 0.05) is 17.7 Å². The lowest BCUT2D eigenvalue weighted by Crippen LogP contribution is -2.27. The summed E-state index contributed by atoms with van der Waals surface area (Å²) in [6, 6.07) is 7.34. The van der Waals surface area contributed by atoms with Crippen molar-refractivity contribution in [2.45, 2.75) is 32.8 Å². The molecule has 1 amide bonds. The maximum atomic E-state index is 14.2. The number of halogens is 2. The number of ether oxygens (including phenoxy) is 2. The molecule has 0 aliphatic rings. The number of anilines is 1. The van der Waals surface area contributed by atoms with Crippen molar-refractivity contribution >= 4 is 29.6 Å². The van der Waals surface area contributed by atoms with Gasteiger partial charge in [-0.1, -0.05) is 11.2 Å². The summed E-state index contributed by atoms with van der Waals surface area (Å²) in [6.07, 6.45) is -1.23. The lowest BCUT2D eigenvalue weighted by molar-refractivity contribution is 0.0512. The van der Waals surface area contributed by atoms with Gasteiger partial charge in [-0.3, -0.25) is 5.32 Å². The van der Waals surface area contributed by atoms with E-state index in [1.165, 1.54) is 24.3 Å². The average Bonchev–Trinajstić information content (AvgIpc) is 2.72. The molecule has 0 spiro atoms. The first-order valence-electron chi connectivity index (χ1n) is 9.59. The standard InChI is InChI=1S/C22H23F2N3O6/c1-22(2,3)32-21(30)26-14-7-5-6-12(8-14)20(29)33-27-18(25)11-15-16(23)9-13(10-17(15)24)19(28)31-4/h5-10H,11H2,1-4H3,(H2,25,27)(H,26,30). The Bertz CT molecular complexity index is 1070. The number of amides is 1. The molecule has 0 heterocycles. The third kappa shape index (κ3) is 7.56. The van der Waals surface area contributed by atoms with E-state index < -0.39 is 53.1 Å². The number of amidine groups is 1. The molecule has 2 aromatic carbocycles. The first kappa shape index (κ1) is 25.2. The molecule has 11 heteroatoms. The van der Waals surface area contributed by atoms with Gasteiger partial charge in [0.1, 0.15) is 23.1 Å². The fraction of sp³-hybridized carbons (Fsp3) is 0.273. The topological polar surface area (TPSA) is 129 Å². The van der Waals surface area contributed by atoms with Gasteiger partial charge in [-0.15, -0.1) is 0 Å². The number of nitrogens with zero attached hydrogens (tertiary/aromatic N) is 1. The average molecular weight is 463 g/mol. The molecule has 0 aliphatic carbocycles. The number of benzene rings is 2. The van der Waals surface area contributed by atoms with E-state index >= 15 is 0 Å². The lowest BCUT2D eigenvalue weighted by atomic mass is 10.1. The molecule has 0 unspecified atom stereocenters. The molecular weight excluding hydrogens is 440 g/mol. The summed E-state index contributed by atoms with van der Waals surface area (Å²) in [5, 5.41) is 5.87. The van der Waals surface area contributed by atoms with E-state index in [2.05, 4.69) is 15.2 Å². The first-order chi connectivity index (χ1) is 15.4. The van der Waals surface area contributed by atoms with E-state index in [1.54, 1.807) is 20.8 Å². The Balaban J connectivity index is 2.06. The summed E-state index contributed by atoms with van der Waals surface area (Å²) < 4.78 is 37.9. The van der Waals surface area contributed by atoms with Crippen LogP contribution < -0.4 is 11.1 Å². The minimum absolute atomic E-state index is 0.0277. The van der Waals surface area contributed by atoms with Crippen LogP contribution in [0.15, 0.2) is 41.6 Å². The van der Waals surface area contributed by atoms with Crippen molar-refractivity contribution in [1.29, 1.82) is 0 Å². The van der Waals surface area contributed by atoms with Gasteiger partial charge in [-0.05, 0) is 51.1 Å². The molecule has 3 N–H and O–H groups in total. The van der Waals surface area contributed by atoms with E-state index in [1.807, 2.05) is 0 Å². The Morgan fingerprint density at radius 3 is 2.24 bits per heavy atom. The molecule has 0 saturated heterocycles. The van der Waals surface area contributed by atoms with Gasteiger partial charge in [0.05, 0.1) is 18.2 Å². The summed E-state index contributed by atoms with van der Waals surface area (Å²) in [5.74, 6) is -4.30. The highest BCUT2D eigenvalue weighted by Gasteiger charge is 2.18. The Labute approximate surface area is 188 Å². The van der Waals surface area contributed by atoms with Crippen molar-refractivity contribution in [3.63, 3.8) is 0 Å². The number of nitrogens with one attached hydrogen (secondary N) is 1. The maximum Gasteiger partial charge on any atom is 0.412 e. The lowest BCUT2D eigenvalue weighted by Gasteiger charge is -2.19. The number of nitrogens with two attached hydrogens (primary N) is 1. The van der Waals surface area contributed by atoms with Crippen LogP contribution in [0, 0.1) is 11.6 Å². The summed E-state index contributed by atoms with van der Waals surface area (Å²) in [4.78, 5) is 40.2. The van der Waals surface area contributed by atoms with E-state index in [0.717, 1.165) is 19.2 Å². The number of methoxy groups -OCH3 is 1. The van der Waals surface area contributed by atoms with E-state index in [0.29, 0.717) is 0 Å². The van der Waals surface area contributed by atoms with Crippen molar-refractivity contribution in [1.82, 2.24) is 0 Å². The van der Waals surface area contributed by atoms with Crippen molar-refractivity contribution in [3.05, 3.63) is 64.7 Å². The quantitative estimate of drug-likeness (QED) is 0.219. The fourth-order valence-electron chi connectivity index (χ4n) is 2.52. The van der Waals surface area contributed by atoms with Gasteiger partial charge in [0.25, 0.3) is 0 Å². The molecule has 0 aromatic heterocycles.